The number of hydrogen-bond donors (Lipinski definition) is 6. The summed E-state index contributed by atoms with van der Waals surface area (Å²) in [5.74, 6) is -0.842. The molecule has 8 fully saturated rings. The van der Waals surface area contributed by atoms with E-state index in [4.69, 9.17) is 71.1 Å². The number of aliphatic hydroxyl groups is 6. The molecule has 4 aliphatic carbocycles. The van der Waals surface area contributed by atoms with E-state index >= 15 is 0 Å². The lowest BCUT2D eigenvalue weighted by Crippen LogP contribution is -2.66. The van der Waals surface area contributed by atoms with Crippen molar-refractivity contribution in [3.05, 3.63) is 23.3 Å². The second-order valence-electron chi connectivity index (χ2n) is 25.4. The Balaban J connectivity index is 0.773. The predicted octanol–water partition coefficient (Wildman–Crippen LogP) is 3.05. The van der Waals surface area contributed by atoms with Crippen molar-refractivity contribution < 1.29 is 111 Å². The molecule has 9 rings (SSSR count). The summed E-state index contributed by atoms with van der Waals surface area (Å²) < 4.78 is 93.8. The lowest BCUT2D eigenvalue weighted by atomic mass is 9.45. The molecule has 6 N–H and O–H groups in total. The third kappa shape index (κ3) is 12.4. The molecule has 0 spiro atoms. The minimum absolute atomic E-state index is 0.0236. The van der Waals surface area contributed by atoms with Crippen molar-refractivity contribution in [3.8, 4) is 0 Å². The third-order valence-electron chi connectivity index (χ3n) is 21.0. The third-order valence-corrected chi connectivity index (χ3v) is 21.0. The van der Waals surface area contributed by atoms with Crippen molar-refractivity contribution in [3.63, 3.8) is 0 Å². The van der Waals surface area contributed by atoms with E-state index in [1.165, 1.54) is 19.8 Å². The summed E-state index contributed by atoms with van der Waals surface area (Å²) in [7, 11) is 6.16. The van der Waals surface area contributed by atoms with Crippen LogP contribution in [-0.4, -0.2) is 230 Å². The maximum Gasteiger partial charge on any atom is 0.333 e. The van der Waals surface area contributed by atoms with E-state index in [2.05, 4.69) is 13.0 Å². The number of Topliss-reactive ketones (excluding diaryl/α,β-unsaturated/α-hetero) is 1. The monoisotopic (exact) mass is 1180 g/mol. The van der Waals surface area contributed by atoms with Crippen molar-refractivity contribution >= 4 is 11.8 Å². The number of carbonyl (C=O) groups excluding carboxylic acids is 2. The Kier molecular flexibility index (Phi) is 20.8. The highest BCUT2D eigenvalue weighted by Gasteiger charge is 2.72. The molecule has 30 atom stereocenters. The molecular formula is C60H96O23. The molecular weight excluding hydrogens is 1090 g/mol. The molecule has 23 heteroatoms. The van der Waals surface area contributed by atoms with Gasteiger partial charge in [-0.15, -0.1) is 0 Å². The van der Waals surface area contributed by atoms with Gasteiger partial charge < -0.3 is 102 Å². The summed E-state index contributed by atoms with van der Waals surface area (Å²) in [6, 6.07) is 0. The van der Waals surface area contributed by atoms with Gasteiger partial charge >= 0.3 is 5.97 Å². The highest BCUT2D eigenvalue weighted by molar-refractivity contribution is 5.88. The molecule has 0 unspecified atom stereocenters. The molecule has 0 aromatic heterocycles. The average Bonchev–Trinajstić information content (AvgIpc) is 1.75. The fraction of sp³-hybridized carbons (Fsp3) is 0.900. The SMILES string of the molecule is C/C=C(\C)C(=O)O[C@@H]1C[C@H]2[C@@H](CC=C3C[C@@H](O[C@H]4C[C@H](OC)[C@H](O[C@H]5C[C@@H](OC)[C@H](O[C@@H]6O[C@H](C)[C@@H](O[C@H]7C[C@@H](OC)[C@H](O[C@@H]8O[C@H](CO)[C@@H](O)[C@H](O)[C@H]8O)[C@@H](C)O7)[C@H](OC)[C@H]6O)[C@@H](C)O5)[C@@H](C)O4)CC[C@@]32C)[C@@]2(O)CC[C@H](C(C)=O)[C@@]12C. The van der Waals surface area contributed by atoms with Gasteiger partial charge in [0, 0.05) is 64.6 Å². The number of allylic oxidation sites excluding steroid dienone is 2. The first-order valence-electron chi connectivity index (χ1n) is 30.1. The van der Waals surface area contributed by atoms with Crippen molar-refractivity contribution in [1.29, 1.82) is 0 Å². The Morgan fingerprint density at radius 2 is 1.16 bits per heavy atom. The smallest absolute Gasteiger partial charge is 0.333 e. The molecule has 0 amide bonds. The fourth-order valence-electron chi connectivity index (χ4n) is 16.0. The van der Waals surface area contributed by atoms with Crippen LogP contribution in [0.25, 0.3) is 0 Å². The maximum atomic E-state index is 13.4. The van der Waals surface area contributed by atoms with Gasteiger partial charge in [0.05, 0.1) is 61.0 Å². The second-order valence-corrected chi connectivity index (χ2v) is 25.4. The molecule has 0 bridgehead atoms. The van der Waals surface area contributed by atoms with Crippen molar-refractivity contribution in [1.82, 2.24) is 0 Å². The standard InChI is InChI=1S/C60H96O23/c1-14-27(2)55(67)79-42-22-37-36(60(68)20-18-35(28(3)62)59(42,60)9)16-15-33-21-34(17-19-58(33,37)8)77-43-23-38(69-10)50(29(4)73-43)80-44-24-39(70-11)52(31(6)74-44)83-57-49(66)54(72-13)53(32(7)76-57)81-45-25-40(71-12)51(30(5)75-45)82-56-48(65)47(64)46(63)41(26-61)78-56/h14-15,29-32,34-54,56-57,61,63-66,68H,16-26H2,1-13H3/b27-14+/t29-,30-,31-,32-,34+,35-,36-,37+,38+,39-,40-,41-,42-,43+,44+,45+,46-,47+,48-,49-,50-,51-,52-,53-,54-,56+,57+,58+,59+,60+/m1/s1. The minimum Gasteiger partial charge on any atom is -0.458 e. The summed E-state index contributed by atoms with van der Waals surface area (Å²) in [6.45, 7) is 16.1. The lowest BCUT2D eigenvalue weighted by molar-refractivity contribution is -0.371. The van der Waals surface area contributed by atoms with Gasteiger partial charge in [-0.1, -0.05) is 31.6 Å². The fourth-order valence-corrected chi connectivity index (χ4v) is 16.0. The van der Waals surface area contributed by atoms with Crippen LogP contribution in [0.3, 0.4) is 0 Å². The zero-order chi connectivity index (χ0) is 60.2. The zero-order valence-corrected chi connectivity index (χ0v) is 50.6. The minimum atomic E-state index is -1.62. The van der Waals surface area contributed by atoms with Gasteiger partial charge in [0.15, 0.2) is 31.5 Å². The first-order valence-corrected chi connectivity index (χ1v) is 30.1. The number of hydrogen-bond acceptors (Lipinski definition) is 23. The summed E-state index contributed by atoms with van der Waals surface area (Å²) in [6.07, 6.45) is -11.3. The van der Waals surface area contributed by atoms with E-state index in [0.717, 1.165) is 12.8 Å². The van der Waals surface area contributed by atoms with E-state index in [9.17, 15) is 40.2 Å². The van der Waals surface area contributed by atoms with Gasteiger partial charge in [-0.2, -0.15) is 0 Å². The van der Waals surface area contributed by atoms with Gasteiger partial charge in [-0.25, -0.2) is 4.79 Å². The molecule has 0 aromatic rings. The Morgan fingerprint density at radius 1 is 0.627 bits per heavy atom. The first-order chi connectivity index (χ1) is 39.4. The van der Waals surface area contributed by atoms with Crippen molar-refractivity contribution in [2.75, 3.05) is 35.0 Å². The Hall–Kier alpha value is -2.18. The molecule has 0 aromatic carbocycles. The van der Waals surface area contributed by atoms with E-state index in [0.29, 0.717) is 44.1 Å². The number of carbonyl (C=O) groups is 2. The van der Waals surface area contributed by atoms with Crippen LogP contribution in [-0.2, 0) is 80.6 Å². The predicted molar refractivity (Wildman–Crippen MR) is 291 cm³/mol. The van der Waals surface area contributed by atoms with Crippen LogP contribution >= 0.6 is 0 Å². The Bertz CT molecular complexity index is 2270. The second kappa shape index (κ2) is 26.5. The van der Waals surface area contributed by atoms with Crippen LogP contribution in [0.15, 0.2) is 23.3 Å². The summed E-state index contributed by atoms with van der Waals surface area (Å²) >= 11 is 0. The van der Waals surface area contributed by atoms with Gasteiger partial charge in [-0.3, -0.25) is 4.79 Å². The van der Waals surface area contributed by atoms with Gasteiger partial charge in [-0.05, 0) is 111 Å². The highest BCUT2D eigenvalue weighted by Crippen LogP contribution is 2.69. The molecule has 83 heavy (non-hydrogen) atoms. The Labute approximate surface area is 488 Å². The van der Waals surface area contributed by atoms with Crippen LogP contribution in [0.2, 0.25) is 0 Å². The summed E-state index contributed by atoms with van der Waals surface area (Å²) in [5.41, 5.74) is -0.571. The molecule has 0 radical (unpaired) electrons. The summed E-state index contributed by atoms with van der Waals surface area (Å²) in [4.78, 5) is 26.6. The topological polar surface area (TPSA) is 294 Å². The summed E-state index contributed by atoms with van der Waals surface area (Å²) in [5, 5.41) is 65.6. The zero-order valence-electron chi connectivity index (χ0n) is 50.6. The first kappa shape index (κ1) is 65.3. The molecule has 5 heterocycles. The van der Waals surface area contributed by atoms with Crippen LogP contribution < -0.4 is 0 Å². The molecule has 23 nitrogen and oxygen atoms in total. The molecule has 474 valence electrons. The molecule has 5 saturated heterocycles. The van der Waals surface area contributed by atoms with Crippen LogP contribution in [0.1, 0.15) is 127 Å². The number of methoxy groups -OCH3 is 4. The normalized spacial score (nSPS) is 50.4. The highest BCUT2D eigenvalue weighted by atomic mass is 16.8. The molecule has 9 aliphatic rings. The molecule has 5 aliphatic heterocycles. The Morgan fingerprint density at radius 3 is 1.69 bits per heavy atom. The van der Waals surface area contributed by atoms with Gasteiger partial charge in [0.25, 0.3) is 0 Å². The molecule has 3 saturated carbocycles. The number of aliphatic hydroxyl groups excluding tert-OH is 5. The quantitative estimate of drug-likeness (QED) is 0.0653. The number of ketones is 1. The van der Waals surface area contributed by atoms with E-state index in [-0.39, 0.29) is 42.0 Å². The largest absolute Gasteiger partial charge is 0.458 e. The average molecular weight is 1190 g/mol. The number of esters is 1. The van der Waals surface area contributed by atoms with Gasteiger partial charge in [0.1, 0.15) is 72.9 Å². The van der Waals surface area contributed by atoms with Crippen LogP contribution in [0, 0.1) is 28.6 Å². The van der Waals surface area contributed by atoms with E-state index in [1.807, 2.05) is 20.8 Å². The van der Waals surface area contributed by atoms with E-state index < -0.39 is 171 Å². The number of fused-ring (bicyclic) bond motifs is 5. The van der Waals surface area contributed by atoms with Crippen molar-refractivity contribution in [2.24, 2.45) is 28.6 Å². The van der Waals surface area contributed by atoms with Gasteiger partial charge in [0.2, 0.25) is 0 Å². The number of ether oxygens (including phenoxy) is 15. The van der Waals surface area contributed by atoms with Crippen LogP contribution in [0.4, 0.5) is 0 Å². The van der Waals surface area contributed by atoms with E-state index in [1.54, 1.807) is 54.9 Å². The van der Waals surface area contributed by atoms with Crippen LogP contribution in [0.5, 0.6) is 0 Å². The van der Waals surface area contributed by atoms with Crippen molar-refractivity contribution in [2.45, 2.75) is 280 Å². The maximum absolute atomic E-state index is 13.4. The lowest BCUT2D eigenvalue weighted by Gasteiger charge is -2.63. The number of rotatable bonds is 18.